The van der Waals surface area contributed by atoms with Gasteiger partial charge in [-0.25, -0.2) is 9.78 Å². The quantitative estimate of drug-likeness (QED) is 0.220. The number of aromatic nitrogens is 2. The monoisotopic (exact) mass is 518 g/mol. The number of amides is 1. The Hall–Kier alpha value is -4.02. The van der Waals surface area contributed by atoms with E-state index >= 15 is 0 Å². The first kappa shape index (κ1) is 25.6. The van der Waals surface area contributed by atoms with E-state index in [2.05, 4.69) is 9.88 Å². The number of pyridine rings is 1. The number of aliphatic hydroxyl groups excluding tert-OH is 1. The van der Waals surface area contributed by atoms with Gasteiger partial charge in [-0.1, -0.05) is 18.2 Å². The number of likely N-dealkylation sites (tertiary alicyclic amines) is 1. The highest BCUT2D eigenvalue weighted by Crippen LogP contribution is 2.40. The number of aryl methyl sites for hydroxylation is 1. The van der Waals surface area contributed by atoms with Gasteiger partial charge in [0.1, 0.15) is 11.3 Å². The van der Waals surface area contributed by atoms with Crippen LogP contribution in [-0.4, -0.2) is 88.5 Å². The lowest BCUT2D eigenvalue weighted by Gasteiger charge is -2.29. The number of fused-ring (bicyclic) bond motifs is 1. The predicted octanol–water partition coefficient (Wildman–Crippen LogP) is 2.57. The lowest BCUT2D eigenvalue weighted by Crippen LogP contribution is -2.39. The van der Waals surface area contributed by atoms with Gasteiger partial charge in [-0.2, -0.15) is 0 Å². The normalized spacial score (nSPS) is 19.8. The topological polar surface area (TPSA) is 114 Å². The van der Waals surface area contributed by atoms with Gasteiger partial charge in [-0.15, -0.1) is 0 Å². The lowest BCUT2D eigenvalue weighted by atomic mass is 9.95. The van der Waals surface area contributed by atoms with E-state index in [1.54, 1.807) is 53.9 Å². The number of hydrogen-bond donors (Lipinski definition) is 1. The van der Waals surface area contributed by atoms with Gasteiger partial charge >= 0.3 is 5.97 Å². The van der Waals surface area contributed by atoms with Crippen molar-refractivity contribution in [3.63, 3.8) is 0 Å². The number of benzene rings is 1. The summed E-state index contributed by atoms with van der Waals surface area (Å²) in [6, 6.07) is 11.2. The van der Waals surface area contributed by atoms with Gasteiger partial charge in [0, 0.05) is 32.4 Å². The van der Waals surface area contributed by atoms with Crippen LogP contribution in [0.4, 0.5) is 0 Å². The van der Waals surface area contributed by atoms with Crippen LogP contribution in [0.25, 0.3) is 11.4 Å². The van der Waals surface area contributed by atoms with Crippen LogP contribution in [0.3, 0.4) is 0 Å². The van der Waals surface area contributed by atoms with E-state index < -0.39 is 23.7 Å². The van der Waals surface area contributed by atoms with E-state index in [1.807, 2.05) is 6.07 Å². The molecule has 0 radical (unpaired) electrons. The molecule has 2 saturated heterocycles. The zero-order valence-electron chi connectivity index (χ0n) is 21.4. The van der Waals surface area contributed by atoms with Crippen LogP contribution in [-0.2, 0) is 19.1 Å². The fraction of sp³-hybridized carbons (Fsp3) is 0.357. The molecule has 1 amide bonds. The molecular formula is C28H30N4O6. The Morgan fingerprint density at radius 1 is 1.11 bits per heavy atom. The van der Waals surface area contributed by atoms with Gasteiger partial charge in [0.15, 0.2) is 5.76 Å². The van der Waals surface area contributed by atoms with E-state index in [0.29, 0.717) is 54.3 Å². The van der Waals surface area contributed by atoms with E-state index in [4.69, 9.17) is 9.47 Å². The minimum atomic E-state index is -0.819. The molecule has 10 heteroatoms. The van der Waals surface area contributed by atoms with Gasteiger partial charge in [-0.05, 0) is 43.2 Å². The molecule has 38 heavy (non-hydrogen) atoms. The van der Waals surface area contributed by atoms with Crippen molar-refractivity contribution in [1.82, 2.24) is 19.2 Å². The van der Waals surface area contributed by atoms with Crippen LogP contribution >= 0.6 is 0 Å². The standard InChI is InChI=1S/C28H30N4O6/c1-18-23(31-12-4-3-6-21(31)29-18)25(33)22-24(19-7-9-20(10-8-19)28(36)37-2)32(27(35)26(22)34)13-5-11-30-14-16-38-17-15-30/h3-4,6-10,12,24,33H,5,11,13-17H2,1-2H3/t24-/m1/s1. The summed E-state index contributed by atoms with van der Waals surface area (Å²) in [5, 5.41) is 11.6. The summed E-state index contributed by atoms with van der Waals surface area (Å²) in [6.45, 7) is 5.84. The number of ether oxygens (including phenoxy) is 2. The first-order chi connectivity index (χ1) is 18.4. The predicted molar refractivity (Wildman–Crippen MR) is 139 cm³/mol. The maximum atomic E-state index is 13.4. The number of methoxy groups -OCH3 is 1. The molecule has 2 aliphatic rings. The summed E-state index contributed by atoms with van der Waals surface area (Å²) in [4.78, 5) is 47.0. The summed E-state index contributed by atoms with van der Waals surface area (Å²) in [5.41, 5.74) is 2.47. The second-order valence-corrected chi connectivity index (χ2v) is 9.39. The summed E-state index contributed by atoms with van der Waals surface area (Å²) >= 11 is 0. The van der Waals surface area contributed by atoms with Crippen molar-refractivity contribution in [2.45, 2.75) is 19.4 Å². The third-order valence-electron chi connectivity index (χ3n) is 7.09. The molecule has 0 aliphatic carbocycles. The Morgan fingerprint density at radius 2 is 1.84 bits per heavy atom. The summed E-state index contributed by atoms with van der Waals surface area (Å²) in [6.07, 6.45) is 2.40. The van der Waals surface area contributed by atoms with Crippen molar-refractivity contribution >= 4 is 29.1 Å². The number of morpholine rings is 1. The Kier molecular flexibility index (Phi) is 7.26. The van der Waals surface area contributed by atoms with Crippen molar-refractivity contribution in [2.24, 2.45) is 0 Å². The van der Waals surface area contributed by atoms with E-state index in [9.17, 15) is 19.5 Å². The minimum absolute atomic E-state index is 0.000874. The average molecular weight is 519 g/mol. The largest absolute Gasteiger partial charge is 0.505 e. The number of carbonyl (C=O) groups excluding carboxylic acids is 3. The second-order valence-electron chi connectivity index (χ2n) is 9.39. The molecule has 198 valence electrons. The third kappa shape index (κ3) is 4.68. The highest BCUT2D eigenvalue weighted by molar-refractivity contribution is 6.46. The maximum absolute atomic E-state index is 13.4. The van der Waals surface area contributed by atoms with Crippen LogP contribution in [0.2, 0.25) is 0 Å². The van der Waals surface area contributed by atoms with Crippen molar-refractivity contribution in [3.05, 3.63) is 76.7 Å². The molecule has 1 aromatic carbocycles. The molecule has 4 heterocycles. The maximum Gasteiger partial charge on any atom is 0.337 e. The molecule has 0 unspecified atom stereocenters. The molecule has 2 aromatic heterocycles. The molecule has 10 nitrogen and oxygen atoms in total. The number of ketones is 1. The summed E-state index contributed by atoms with van der Waals surface area (Å²) in [7, 11) is 1.30. The zero-order chi connectivity index (χ0) is 26.8. The van der Waals surface area contributed by atoms with Gasteiger partial charge in [0.2, 0.25) is 0 Å². The Balaban J connectivity index is 1.55. The summed E-state index contributed by atoms with van der Waals surface area (Å²) < 4.78 is 11.9. The fourth-order valence-corrected chi connectivity index (χ4v) is 5.19. The van der Waals surface area contributed by atoms with Gasteiger partial charge in [-0.3, -0.25) is 18.9 Å². The Bertz CT molecular complexity index is 1400. The number of esters is 1. The highest BCUT2D eigenvalue weighted by Gasteiger charge is 2.46. The molecule has 2 fully saturated rings. The van der Waals surface area contributed by atoms with Crippen molar-refractivity contribution < 1.29 is 29.0 Å². The highest BCUT2D eigenvalue weighted by atomic mass is 16.5. The van der Waals surface area contributed by atoms with E-state index in [1.165, 1.54) is 12.0 Å². The fourth-order valence-electron chi connectivity index (χ4n) is 5.19. The molecule has 5 rings (SSSR count). The number of nitrogens with zero attached hydrogens (tertiary/aromatic N) is 4. The van der Waals surface area contributed by atoms with Crippen LogP contribution in [0.5, 0.6) is 0 Å². The molecule has 2 aliphatic heterocycles. The second kappa shape index (κ2) is 10.8. The smallest absolute Gasteiger partial charge is 0.337 e. The number of imidazole rings is 1. The zero-order valence-corrected chi connectivity index (χ0v) is 21.4. The number of hydrogen-bond acceptors (Lipinski definition) is 8. The molecule has 1 N–H and O–H groups in total. The molecule has 0 saturated carbocycles. The van der Waals surface area contributed by atoms with E-state index in [-0.39, 0.29) is 11.3 Å². The summed E-state index contributed by atoms with van der Waals surface area (Å²) in [5.74, 6) is -2.18. The lowest BCUT2D eigenvalue weighted by molar-refractivity contribution is -0.140. The molecule has 1 atom stereocenters. The number of rotatable bonds is 7. The van der Waals surface area contributed by atoms with Crippen molar-refractivity contribution in [2.75, 3.05) is 46.5 Å². The van der Waals surface area contributed by atoms with Crippen LogP contribution in [0.1, 0.15) is 39.8 Å². The first-order valence-electron chi connectivity index (χ1n) is 12.6. The van der Waals surface area contributed by atoms with Crippen LogP contribution in [0.15, 0.2) is 54.2 Å². The van der Waals surface area contributed by atoms with Crippen molar-refractivity contribution in [3.8, 4) is 0 Å². The van der Waals surface area contributed by atoms with Crippen LogP contribution in [0, 0.1) is 6.92 Å². The SMILES string of the molecule is COC(=O)c1ccc([C@@H]2C(=C(O)c3c(C)nc4ccccn34)C(=O)C(=O)N2CCCN2CCOCC2)cc1. The minimum Gasteiger partial charge on any atom is -0.505 e. The molecule has 3 aromatic rings. The van der Waals surface area contributed by atoms with Crippen molar-refractivity contribution in [1.29, 1.82) is 0 Å². The van der Waals surface area contributed by atoms with Gasteiger partial charge in [0.25, 0.3) is 11.7 Å². The molecule has 0 bridgehead atoms. The third-order valence-corrected chi connectivity index (χ3v) is 7.09. The average Bonchev–Trinajstić information content (AvgIpc) is 3.41. The Labute approximate surface area is 220 Å². The number of aliphatic hydroxyl groups is 1. The molecular weight excluding hydrogens is 488 g/mol. The van der Waals surface area contributed by atoms with Gasteiger partial charge in [0.05, 0.1) is 43.2 Å². The van der Waals surface area contributed by atoms with Crippen LogP contribution < -0.4 is 0 Å². The first-order valence-corrected chi connectivity index (χ1v) is 12.6. The van der Waals surface area contributed by atoms with Gasteiger partial charge < -0.3 is 19.5 Å². The van der Waals surface area contributed by atoms with E-state index in [0.717, 1.165) is 19.6 Å². The molecule has 0 spiro atoms. The number of Topliss-reactive ketones (excluding diaryl/α,β-unsaturated/α-hetero) is 1. The number of carbonyl (C=O) groups is 3. The Morgan fingerprint density at radius 3 is 2.55 bits per heavy atom.